The number of anilines is 1. The maximum Gasteiger partial charge on any atom is 0.255 e. The molecule has 0 aliphatic heterocycles. The summed E-state index contributed by atoms with van der Waals surface area (Å²) in [5.41, 5.74) is 2.76. The van der Waals surface area contributed by atoms with Crippen molar-refractivity contribution in [2.75, 3.05) is 5.32 Å². The summed E-state index contributed by atoms with van der Waals surface area (Å²) in [6, 6.07) is 13.3. The lowest BCUT2D eigenvalue weighted by Gasteiger charge is -2.09. The zero-order valence-electron chi connectivity index (χ0n) is 11.4. The average Bonchev–Trinajstić information content (AvgIpc) is 2.48. The van der Waals surface area contributed by atoms with E-state index < -0.39 is 0 Å². The Morgan fingerprint density at radius 2 is 2.00 bits per heavy atom. The van der Waals surface area contributed by atoms with Crippen LogP contribution in [0.3, 0.4) is 0 Å². The molecule has 21 heavy (non-hydrogen) atoms. The van der Waals surface area contributed by atoms with Gasteiger partial charge in [0.2, 0.25) is 0 Å². The third-order valence-electron chi connectivity index (χ3n) is 3.23. The number of fused-ring (bicyclic) bond motifs is 1. The van der Waals surface area contributed by atoms with Gasteiger partial charge >= 0.3 is 0 Å². The van der Waals surface area contributed by atoms with E-state index in [4.69, 9.17) is 0 Å². The predicted octanol–water partition coefficient (Wildman–Crippen LogP) is 3.93. The van der Waals surface area contributed by atoms with Crippen LogP contribution >= 0.6 is 0 Å². The number of aromatic nitrogens is 1. The summed E-state index contributed by atoms with van der Waals surface area (Å²) in [7, 11) is 0. The van der Waals surface area contributed by atoms with E-state index in [1.165, 1.54) is 12.1 Å². The van der Waals surface area contributed by atoms with E-state index in [1.54, 1.807) is 30.5 Å². The number of halogens is 1. The number of amides is 1. The number of rotatable bonds is 2. The first-order valence-corrected chi connectivity index (χ1v) is 6.56. The molecule has 1 amide bonds. The molecular formula is C17H13FN2O. The Labute approximate surface area is 121 Å². The molecule has 0 unspecified atom stereocenters. The number of benzene rings is 2. The topological polar surface area (TPSA) is 42.0 Å². The lowest BCUT2D eigenvalue weighted by atomic mass is 10.1. The number of carbonyl (C=O) groups is 1. The molecule has 3 nitrogen and oxygen atoms in total. The van der Waals surface area contributed by atoms with E-state index in [2.05, 4.69) is 10.3 Å². The standard InChI is InChI=1S/C17H13FN2O/c1-11-3-2-4-12(9-11)17(21)20-16-7-8-19-15-6-5-13(18)10-14(15)16/h2-10H,1H3,(H,19,20,21). The highest BCUT2D eigenvalue weighted by Gasteiger charge is 2.09. The number of nitrogens with one attached hydrogen (secondary N) is 1. The van der Waals surface area contributed by atoms with Gasteiger partial charge in [-0.2, -0.15) is 0 Å². The van der Waals surface area contributed by atoms with Crippen molar-refractivity contribution in [3.8, 4) is 0 Å². The molecule has 0 atom stereocenters. The maximum absolute atomic E-state index is 13.4. The van der Waals surface area contributed by atoms with Gasteiger partial charge in [-0.3, -0.25) is 9.78 Å². The van der Waals surface area contributed by atoms with Crippen LogP contribution in [0.4, 0.5) is 10.1 Å². The summed E-state index contributed by atoms with van der Waals surface area (Å²) in [6.07, 6.45) is 1.59. The molecule has 0 aliphatic rings. The molecule has 1 N–H and O–H groups in total. The van der Waals surface area contributed by atoms with Crippen molar-refractivity contribution in [3.05, 3.63) is 71.7 Å². The Hall–Kier alpha value is -2.75. The van der Waals surface area contributed by atoms with Crippen LogP contribution in [0, 0.1) is 12.7 Å². The summed E-state index contributed by atoms with van der Waals surface area (Å²) >= 11 is 0. The van der Waals surface area contributed by atoms with Crippen LogP contribution in [-0.4, -0.2) is 10.9 Å². The molecule has 3 aromatic rings. The quantitative estimate of drug-likeness (QED) is 0.772. The number of carbonyl (C=O) groups excluding carboxylic acids is 1. The second-order valence-electron chi connectivity index (χ2n) is 4.84. The summed E-state index contributed by atoms with van der Waals surface area (Å²) in [5.74, 6) is -0.586. The molecule has 3 rings (SSSR count). The summed E-state index contributed by atoms with van der Waals surface area (Å²) in [4.78, 5) is 16.4. The van der Waals surface area contributed by atoms with Crippen molar-refractivity contribution < 1.29 is 9.18 Å². The van der Waals surface area contributed by atoms with Gasteiger partial charge in [0.15, 0.2) is 0 Å². The number of aryl methyl sites for hydroxylation is 1. The first-order chi connectivity index (χ1) is 10.1. The summed E-state index contributed by atoms with van der Waals surface area (Å²) < 4.78 is 13.4. The second-order valence-corrected chi connectivity index (χ2v) is 4.84. The Morgan fingerprint density at radius 1 is 1.14 bits per heavy atom. The van der Waals surface area contributed by atoms with Crippen LogP contribution in [0.5, 0.6) is 0 Å². The van der Waals surface area contributed by atoms with E-state index in [-0.39, 0.29) is 11.7 Å². The number of hydrogen-bond acceptors (Lipinski definition) is 2. The fraction of sp³-hybridized carbons (Fsp3) is 0.0588. The highest BCUT2D eigenvalue weighted by atomic mass is 19.1. The van der Waals surface area contributed by atoms with Gasteiger partial charge in [0.1, 0.15) is 5.82 Å². The fourth-order valence-electron chi connectivity index (χ4n) is 2.21. The molecule has 0 aliphatic carbocycles. The summed E-state index contributed by atoms with van der Waals surface area (Å²) in [5, 5.41) is 3.39. The second kappa shape index (κ2) is 5.32. The molecule has 0 bridgehead atoms. The zero-order chi connectivity index (χ0) is 14.8. The maximum atomic E-state index is 13.4. The monoisotopic (exact) mass is 280 g/mol. The minimum atomic E-state index is -0.360. The first-order valence-electron chi connectivity index (χ1n) is 6.56. The molecule has 0 fully saturated rings. The molecule has 104 valence electrons. The van der Waals surface area contributed by atoms with Gasteiger partial charge in [-0.25, -0.2) is 4.39 Å². The van der Waals surface area contributed by atoms with Gasteiger partial charge in [-0.15, -0.1) is 0 Å². The third-order valence-corrected chi connectivity index (χ3v) is 3.23. The van der Waals surface area contributed by atoms with Crippen molar-refractivity contribution >= 4 is 22.5 Å². The van der Waals surface area contributed by atoms with Gasteiger partial charge in [0, 0.05) is 17.1 Å². The van der Waals surface area contributed by atoms with Crippen LogP contribution in [0.25, 0.3) is 10.9 Å². The van der Waals surface area contributed by atoms with Crippen LogP contribution in [-0.2, 0) is 0 Å². The minimum Gasteiger partial charge on any atom is -0.321 e. The average molecular weight is 280 g/mol. The normalized spacial score (nSPS) is 10.6. The van der Waals surface area contributed by atoms with Crippen molar-refractivity contribution in [1.82, 2.24) is 4.98 Å². The number of hydrogen-bond donors (Lipinski definition) is 1. The Kier molecular flexibility index (Phi) is 3.36. The third kappa shape index (κ3) is 2.74. The molecule has 0 spiro atoms. The van der Waals surface area contributed by atoms with Crippen molar-refractivity contribution in [2.45, 2.75) is 6.92 Å². The fourth-order valence-corrected chi connectivity index (χ4v) is 2.21. The number of pyridine rings is 1. The molecule has 0 radical (unpaired) electrons. The van der Waals surface area contributed by atoms with Crippen LogP contribution in [0.1, 0.15) is 15.9 Å². The van der Waals surface area contributed by atoms with E-state index in [1.807, 2.05) is 19.1 Å². The molecule has 1 heterocycles. The van der Waals surface area contributed by atoms with Crippen LogP contribution < -0.4 is 5.32 Å². The highest BCUT2D eigenvalue weighted by molar-refractivity contribution is 6.08. The van der Waals surface area contributed by atoms with Crippen LogP contribution in [0.15, 0.2) is 54.7 Å². The smallest absolute Gasteiger partial charge is 0.255 e. The van der Waals surface area contributed by atoms with Gasteiger partial charge in [0.25, 0.3) is 5.91 Å². The molecule has 0 saturated heterocycles. The first kappa shape index (κ1) is 13.2. The van der Waals surface area contributed by atoms with E-state index in [0.717, 1.165) is 5.56 Å². The Balaban J connectivity index is 1.98. The van der Waals surface area contributed by atoms with Crippen molar-refractivity contribution in [2.24, 2.45) is 0 Å². The largest absolute Gasteiger partial charge is 0.321 e. The Morgan fingerprint density at radius 3 is 2.81 bits per heavy atom. The SMILES string of the molecule is Cc1cccc(C(=O)Nc2ccnc3ccc(F)cc23)c1. The lowest BCUT2D eigenvalue weighted by Crippen LogP contribution is -2.12. The molecule has 1 aromatic heterocycles. The predicted molar refractivity (Wildman–Crippen MR) is 80.8 cm³/mol. The molecule has 2 aromatic carbocycles. The Bertz CT molecular complexity index is 830. The van der Waals surface area contributed by atoms with Gasteiger partial charge in [-0.05, 0) is 43.3 Å². The van der Waals surface area contributed by atoms with Gasteiger partial charge in [0.05, 0.1) is 11.2 Å². The summed E-state index contributed by atoms with van der Waals surface area (Å²) in [6.45, 7) is 1.92. The molecule has 4 heteroatoms. The highest BCUT2D eigenvalue weighted by Crippen LogP contribution is 2.23. The minimum absolute atomic E-state index is 0.226. The zero-order valence-corrected chi connectivity index (χ0v) is 11.4. The van der Waals surface area contributed by atoms with Gasteiger partial charge in [-0.1, -0.05) is 17.7 Å². The van der Waals surface area contributed by atoms with E-state index in [9.17, 15) is 9.18 Å². The molecular weight excluding hydrogens is 267 g/mol. The number of nitrogens with zero attached hydrogens (tertiary/aromatic N) is 1. The molecule has 0 saturated carbocycles. The van der Waals surface area contributed by atoms with Crippen molar-refractivity contribution in [3.63, 3.8) is 0 Å². The van der Waals surface area contributed by atoms with Crippen molar-refractivity contribution in [1.29, 1.82) is 0 Å². The van der Waals surface area contributed by atoms with E-state index >= 15 is 0 Å². The van der Waals surface area contributed by atoms with Gasteiger partial charge < -0.3 is 5.32 Å². The van der Waals surface area contributed by atoms with E-state index in [0.29, 0.717) is 22.2 Å². The lowest BCUT2D eigenvalue weighted by molar-refractivity contribution is 0.102. The van der Waals surface area contributed by atoms with Crippen LogP contribution in [0.2, 0.25) is 0 Å².